The van der Waals surface area contributed by atoms with Crippen LogP contribution < -0.4 is 16.4 Å². The van der Waals surface area contributed by atoms with Crippen molar-refractivity contribution >= 4 is 17.7 Å². The Morgan fingerprint density at radius 2 is 1.79 bits per heavy atom. The van der Waals surface area contributed by atoms with E-state index >= 15 is 0 Å². The molecule has 0 saturated carbocycles. The highest BCUT2D eigenvalue weighted by Gasteiger charge is 2.15. The second-order valence-corrected chi connectivity index (χ2v) is 6.90. The van der Waals surface area contributed by atoms with Gasteiger partial charge in [-0.2, -0.15) is 0 Å². The number of aryl methyl sites for hydroxylation is 2. The van der Waals surface area contributed by atoms with Crippen LogP contribution in [0.4, 0.5) is 10.5 Å². The van der Waals surface area contributed by atoms with Gasteiger partial charge in [0, 0.05) is 18.8 Å². The van der Waals surface area contributed by atoms with Crippen LogP contribution in [0.1, 0.15) is 44.7 Å². The molecule has 0 unspecified atom stereocenters. The number of hydrogen-bond donors (Lipinski definition) is 3. The van der Waals surface area contributed by atoms with Crippen molar-refractivity contribution in [2.75, 3.05) is 18.4 Å². The number of carbonyl (C=O) groups is 1. The number of nitrogens with one attached hydrogen (secondary N) is 2. The Hall–Kier alpha value is -2.24. The molecule has 0 heterocycles. The molecule has 134 valence electrons. The fourth-order valence-corrected chi connectivity index (χ4v) is 2.18. The van der Waals surface area contributed by atoms with E-state index in [-0.39, 0.29) is 6.09 Å². The van der Waals surface area contributed by atoms with E-state index in [0.29, 0.717) is 19.0 Å². The summed E-state index contributed by atoms with van der Waals surface area (Å²) in [6, 6.07) is 6.16. The Morgan fingerprint density at radius 1 is 1.17 bits per heavy atom. The monoisotopic (exact) mass is 334 g/mol. The van der Waals surface area contributed by atoms with Crippen molar-refractivity contribution in [1.82, 2.24) is 5.32 Å². The molecule has 24 heavy (non-hydrogen) atoms. The van der Waals surface area contributed by atoms with Gasteiger partial charge >= 0.3 is 6.09 Å². The molecular weight excluding hydrogens is 304 g/mol. The Kier molecular flexibility index (Phi) is 7.55. The van der Waals surface area contributed by atoms with Gasteiger partial charge in [0.1, 0.15) is 5.60 Å². The van der Waals surface area contributed by atoms with Crippen LogP contribution in [0.2, 0.25) is 0 Å². The number of carbonyl (C=O) groups excluding carboxylic acids is 1. The van der Waals surface area contributed by atoms with Gasteiger partial charge in [0.2, 0.25) is 0 Å². The maximum Gasteiger partial charge on any atom is 0.407 e. The van der Waals surface area contributed by atoms with Gasteiger partial charge in [-0.05, 0) is 70.7 Å². The molecule has 0 spiro atoms. The molecule has 0 atom stereocenters. The second kappa shape index (κ2) is 9.15. The number of benzene rings is 1. The summed E-state index contributed by atoms with van der Waals surface area (Å²) in [5, 5.41) is 5.82. The molecule has 0 saturated heterocycles. The number of amides is 1. The molecule has 0 aliphatic rings. The lowest BCUT2D eigenvalue weighted by Gasteiger charge is -2.19. The third kappa shape index (κ3) is 9.02. The van der Waals surface area contributed by atoms with E-state index in [4.69, 9.17) is 10.5 Å². The molecule has 6 heteroatoms. The molecule has 0 aliphatic heterocycles. The predicted molar refractivity (Wildman–Crippen MR) is 99.5 cm³/mol. The molecule has 1 amide bonds. The van der Waals surface area contributed by atoms with Crippen LogP contribution >= 0.6 is 0 Å². The first-order valence-electron chi connectivity index (χ1n) is 8.28. The lowest BCUT2D eigenvalue weighted by Crippen LogP contribution is -2.33. The largest absolute Gasteiger partial charge is 0.444 e. The number of unbranched alkanes of at least 4 members (excludes halogenated alkanes) is 1. The van der Waals surface area contributed by atoms with Gasteiger partial charge in [0.15, 0.2) is 5.96 Å². The van der Waals surface area contributed by atoms with Crippen LogP contribution in [0.15, 0.2) is 23.2 Å². The maximum absolute atomic E-state index is 11.5. The first kappa shape index (κ1) is 19.8. The van der Waals surface area contributed by atoms with Gasteiger partial charge in [-0.1, -0.05) is 6.07 Å². The molecule has 4 N–H and O–H groups in total. The highest BCUT2D eigenvalue weighted by Crippen LogP contribution is 2.13. The van der Waals surface area contributed by atoms with E-state index < -0.39 is 5.60 Å². The highest BCUT2D eigenvalue weighted by molar-refractivity contribution is 5.92. The number of aliphatic imine (C=N–C) groups is 1. The summed E-state index contributed by atoms with van der Waals surface area (Å²) in [5.41, 5.74) is 8.72. The molecular formula is C18H30N4O2. The highest BCUT2D eigenvalue weighted by atomic mass is 16.6. The zero-order chi connectivity index (χ0) is 18.2. The van der Waals surface area contributed by atoms with Gasteiger partial charge in [-0.25, -0.2) is 4.79 Å². The number of nitrogens with two attached hydrogens (primary N) is 1. The van der Waals surface area contributed by atoms with Crippen molar-refractivity contribution in [3.63, 3.8) is 0 Å². The zero-order valence-electron chi connectivity index (χ0n) is 15.4. The fraction of sp³-hybridized carbons (Fsp3) is 0.556. The van der Waals surface area contributed by atoms with Crippen LogP contribution in [0.25, 0.3) is 0 Å². The number of ether oxygens (including phenoxy) is 1. The zero-order valence-corrected chi connectivity index (χ0v) is 15.4. The maximum atomic E-state index is 11.5. The van der Waals surface area contributed by atoms with Crippen LogP contribution in [0.3, 0.4) is 0 Å². The number of nitrogens with zero attached hydrogens (tertiary/aromatic N) is 1. The average Bonchev–Trinajstić information content (AvgIpc) is 2.39. The molecule has 1 aromatic rings. The molecule has 0 bridgehead atoms. The van der Waals surface area contributed by atoms with Crippen LogP contribution in [-0.4, -0.2) is 30.7 Å². The van der Waals surface area contributed by atoms with Crippen molar-refractivity contribution < 1.29 is 9.53 Å². The minimum absolute atomic E-state index is 0.387. The standard InChI is InChI=1S/C18H30N4O2/c1-13-10-14(2)12-15(11-13)22-16(19)20-8-6-7-9-21-17(23)24-18(3,4)5/h10-12H,6-9H2,1-5H3,(H,21,23)(H3,19,20,22). The topological polar surface area (TPSA) is 88.7 Å². The number of guanidine groups is 1. The minimum Gasteiger partial charge on any atom is -0.444 e. The quantitative estimate of drug-likeness (QED) is 0.423. The predicted octanol–water partition coefficient (Wildman–Crippen LogP) is 3.33. The molecule has 1 aromatic carbocycles. The van der Waals surface area contributed by atoms with E-state index in [2.05, 4.69) is 21.7 Å². The summed E-state index contributed by atoms with van der Waals surface area (Å²) in [5.74, 6) is 0.403. The van der Waals surface area contributed by atoms with Crippen molar-refractivity contribution in [1.29, 1.82) is 0 Å². The third-order valence-corrected chi connectivity index (χ3v) is 3.03. The average molecular weight is 334 g/mol. The summed E-state index contributed by atoms with van der Waals surface area (Å²) < 4.78 is 5.16. The SMILES string of the molecule is Cc1cc(C)cc(NC(N)=NCCCCNC(=O)OC(C)(C)C)c1. The molecule has 0 radical (unpaired) electrons. The molecule has 0 aromatic heterocycles. The number of anilines is 1. The van der Waals surface area contributed by atoms with E-state index in [0.717, 1.165) is 18.5 Å². The molecule has 0 fully saturated rings. The summed E-state index contributed by atoms with van der Waals surface area (Å²) >= 11 is 0. The van der Waals surface area contributed by atoms with Crippen molar-refractivity contribution in [2.45, 2.75) is 53.1 Å². The van der Waals surface area contributed by atoms with E-state index in [1.54, 1.807) is 0 Å². The Bertz CT molecular complexity index is 557. The number of alkyl carbamates (subject to hydrolysis) is 1. The number of rotatable bonds is 6. The minimum atomic E-state index is -0.470. The normalized spacial score (nSPS) is 12.0. The lowest BCUT2D eigenvalue weighted by molar-refractivity contribution is 0.0527. The van der Waals surface area contributed by atoms with Crippen LogP contribution in [-0.2, 0) is 4.74 Å². The Balaban J connectivity index is 2.23. The molecule has 0 aliphatic carbocycles. The Labute approximate surface area is 144 Å². The van der Waals surface area contributed by atoms with E-state index in [9.17, 15) is 4.79 Å². The van der Waals surface area contributed by atoms with Crippen molar-refractivity contribution in [3.8, 4) is 0 Å². The van der Waals surface area contributed by atoms with Crippen LogP contribution in [0, 0.1) is 13.8 Å². The van der Waals surface area contributed by atoms with E-state index in [1.165, 1.54) is 11.1 Å². The van der Waals surface area contributed by atoms with E-state index in [1.807, 2.05) is 46.8 Å². The van der Waals surface area contributed by atoms with Gasteiger partial charge in [-0.15, -0.1) is 0 Å². The fourth-order valence-electron chi connectivity index (χ4n) is 2.18. The summed E-state index contributed by atoms with van der Waals surface area (Å²) in [6.07, 6.45) is 1.27. The summed E-state index contributed by atoms with van der Waals surface area (Å²) in [4.78, 5) is 15.8. The smallest absolute Gasteiger partial charge is 0.407 e. The van der Waals surface area contributed by atoms with Gasteiger partial charge in [0.25, 0.3) is 0 Å². The Morgan fingerprint density at radius 3 is 2.38 bits per heavy atom. The van der Waals surface area contributed by atoms with Gasteiger partial charge in [0.05, 0.1) is 0 Å². The summed E-state index contributed by atoms with van der Waals surface area (Å²) in [7, 11) is 0. The second-order valence-electron chi connectivity index (χ2n) is 6.90. The van der Waals surface area contributed by atoms with Gasteiger partial charge < -0.3 is 21.1 Å². The van der Waals surface area contributed by atoms with Crippen LogP contribution in [0.5, 0.6) is 0 Å². The first-order chi connectivity index (χ1) is 11.2. The first-order valence-corrected chi connectivity index (χ1v) is 8.28. The lowest BCUT2D eigenvalue weighted by atomic mass is 10.1. The van der Waals surface area contributed by atoms with Gasteiger partial charge in [-0.3, -0.25) is 4.99 Å². The number of hydrogen-bond acceptors (Lipinski definition) is 3. The summed E-state index contributed by atoms with van der Waals surface area (Å²) in [6.45, 7) is 10.8. The van der Waals surface area contributed by atoms with Crippen molar-refractivity contribution in [3.05, 3.63) is 29.3 Å². The van der Waals surface area contributed by atoms with Crippen molar-refractivity contribution in [2.24, 2.45) is 10.7 Å². The molecule has 6 nitrogen and oxygen atoms in total. The molecule has 1 rings (SSSR count). The third-order valence-electron chi connectivity index (χ3n) is 3.03.